The van der Waals surface area contributed by atoms with Crippen molar-refractivity contribution in [3.63, 3.8) is 0 Å². The average molecular weight is 475 g/mol. The molecular weight excluding hydrogens is 447 g/mol. The predicted molar refractivity (Wildman–Crippen MR) is 105 cm³/mol. The van der Waals surface area contributed by atoms with Crippen LogP contribution in [-0.2, 0) is 22.2 Å². The van der Waals surface area contributed by atoms with E-state index in [4.69, 9.17) is 21.4 Å². The van der Waals surface area contributed by atoms with Crippen LogP contribution >= 0.6 is 11.6 Å². The van der Waals surface area contributed by atoms with Crippen molar-refractivity contribution >= 4 is 22.5 Å². The van der Waals surface area contributed by atoms with E-state index in [0.29, 0.717) is 10.6 Å². The summed E-state index contributed by atoms with van der Waals surface area (Å²) >= 11 is 5.93. The van der Waals surface area contributed by atoms with E-state index in [1.165, 1.54) is 0 Å². The molecule has 0 spiro atoms. The SMILES string of the molecule is OC[C@@H]1[C@@H](O)[C@H](O)C[S+]1C[C@@H](O)[C@H](OCc1cccc(Cl)c1)[C@H](O)[C@@H](O)CO.[Cl-]. The Bertz CT molecular complexity index is 613. The smallest absolute Gasteiger partial charge is 0.169 e. The first-order chi connectivity index (χ1) is 13.3. The highest BCUT2D eigenvalue weighted by Crippen LogP contribution is 2.26. The van der Waals surface area contributed by atoms with Crippen molar-refractivity contribution in [2.75, 3.05) is 24.7 Å². The maximum Gasteiger partial charge on any atom is 0.169 e. The molecule has 168 valence electrons. The Kier molecular flexibility index (Phi) is 11.7. The zero-order valence-corrected chi connectivity index (χ0v) is 17.9. The van der Waals surface area contributed by atoms with Crippen molar-refractivity contribution in [3.05, 3.63) is 34.9 Å². The number of hydrogen-bond acceptors (Lipinski definition) is 8. The molecule has 1 unspecified atom stereocenters. The molecule has 0 amide bonds. The van der Waals surface area contributed by atoms with Crippen LogP contribution in [0, 0.1) is 0 Å². The molecule has 1 aromatic rings. The van der Waals surface area contributed by atoms with Gasteiger partial charge >= 0.3 is 0 Å². The Hall–Kier alpha value is -0.170. The summed E-state index contributed by atoms with van der Waals surface area (Å²) in [6.07, 6.45) is -7.65. The van der Waals surface area contributed by atoms with E-state index in [9.17, 15) is 30.6 Å². The molecule has 0 radical (unpaired) electrons. The number of halogens is 2. The number of hydrogen-bond donors (Lipinski definition) is 7. The number of benzene rings is 1. The topological polar surface area (TPSA) is 151 Å². The van der Waals surface area contributed by atoms with E-state index in [0.717, 1.165) is 0 Å². The molecule has 7 N–H and O–H groups in total. The molecule has 8 atom stereocenters. The van der Waals surface area contributed by atoms with Crippen molar-refractivity contribution in [2.45, 2.75) is 48.5 Å². The fourth-order valence-corrected chi connectivity index (χ4v) is 6.08. The minimum absolute atomic E-state index is 0. The molecule has 1 fully saturated rings. The fraction of sp³-hybridized carbons (Fsp3) is 0.667. The number of ether oxygens (including phenoxy) is 1. The lowest BCUT2D eigenvalue weighted by atomic mass is 10.0. The molecule has 29 heavy (non-hydrogen) atoms. The van der Waals surface area contributed by atoms with Crippen LogP contribution in [0.25, 0.3) is 0 Å². The summed E-state index contributed by atoms with van der Waals surface area (Å²) in [7, 11) is -0.716. The van der Waals surface area contributed by atoms with Crippen LogP contribution in [-0.4, -0.2) is 102 Å². The van der Waals surface area contributed by atoms with E-state index in [2.05, 4.69) is 0 Å². The van der Waals surface area contributed by atoms with E-state index in [1.807, 2.05) is 0 Å². The highest BCUT2D eigenvalue weighted by Gasteiger charge is 2.51. The van der Waals surface area contributed by atoms with Crippen molar-refractivity contribution in [2.24, 2.45) is 0 Å². The molecule has 0 aliphatic carbocycles. The van der Waals surface area contributed by atoms with Gasteiger partial charge in [0.1, 0.15) is 48.1 Å². The Labute approximate surface area is 183 Å². The summed E-state index contributed by atoms with van der Waals surface area (Å²) in [4.78, 5) is 0. The van der Waals surface area contributed by atoms with Gasteiger partial charge in [-0.2, -0.15) is 0 Å². The Morgan fingerprint density at radius 1 is 1.14 bits per heavy atom. The second-order valence-corrected chi connectivity index (χ2v) is 9.65. The van der Waals surface area contributed by atoms with E-state index < -0.39 is 59.4 Å². The first-order valence-electron chi connectivity index (χ1n) is 8.92. The monoisotopic (exact) mass is 474 g/mol. The van der Waals surface area contributed by atoms with Gasteiger partial charge in [0.15, 0.2) is 5.25 Å². The van der Waals surface area contributed by atoms with Crippen LogP contribution in [0.4, 0.5) is 0 Å². The Morgan fingerprint density at radius 3 is 2.41 bits per heavy atom. The molecule has 0 saturated carbocycles. The van der Waals surface area contributed by atoms with Gasteiger partial charge in [0.2, 0.25) is 0 Å². The second-order valence-electron chi connectivity index (χ2n) is 6.86. The minimum Gasteiger partial charge on any atom is -1.00 e. The molecule has 1 heterocycles. The van der Waals surface area contributed by atoms with Crippen LogP contribution in [0.1, 0.15) is 5.56 Å². The first kappa shape index (κ1) is 26.9. The van der Waals surface area contributed by atoms with Gasteiger partial charge in [-0.15, -0.1) is 0 Å². The third-order valence-corrected chi connectivity index (χ3v) is 7.84. The van der Waals surface area contributed by atoms with Crippen LogP contribution in [0.15, 0.2) is 24.3 Å². The Morgan fingerprint density at radius 2 is 1.83 bits per heavy atom. The number of aliphatic hydroxyl groups is 7. The molecule has 0 aromatic heterocycles. The lowest BCUT2D eigenvalue weighted by Gasteiger charge is -2.30. The minimum atomic E-state index is -1.56. The summed E-state index contributed by atoms with van der Waals surface area (Å²) in [6.45, 7) is -1.06. The van der Waals surface area contributed by atoms with Gasteiger partial charge < -0.3 is 52.9 Å². The van der Waals surface area contributed by atoms with Crippen molar-refractivity contribution in [3.8, 4) is 0 Å². The average Bonchev–Trinajstić information content (AvgIpc) is 2.93. The molecule has 1 aliphatic heterocycles. The van der Waals surface area contributed by atoms with Gasteiger partial charge in [-0.05, 0) is 17.7 Å². The highest BCUT2D eigenvalue weighted by atomic mass is 35.5. The van der Waals surface area contributed by atoms with Gasteiger partial charge in [-0.3, -0.25) is 0 Å². The molecule has 0 bridgehead atoms. The van der Waals surface area contributed by atoms with Crippen LogP contribution < -0.4 is 12.4 Å². The first-order valence-corrected chi connectivity index (χ1v) is 10.9. The van der Waals surface area contributed by atoms with Crippen molar-refractivity contribution in [1.82, 2.24) is 0 Å². The summed E-state index contributed by atoms with van der Waals surface area (Å²) in [5, 5.41) is 69.1. The quantitative estimate of drug-likeness (QED) is 0.166. The number of rotatable bonds is 10. The van der Waals surface area contributed by atoms with Crippen LogP contribution in [0.3, 0.4) is 0 Å². The highest BCUT2D eigenvalue weighted by molar-refractivity contribution is 7.97. The number of aliphatic hydroxyl groups excluding tert-OH is 7. The Balaban J connectivity index is 0.00000420. The summed E-state index contributed by atoms with van der Waals surface area (Å²) in [6, 6.07) is 6.82. The van der Waals surface area contributed by atoms with Gasteiger partial charge in [-0.1, -0.05) is 23.7 Å². The van der Waals surface area contributed by atoms with Crippen molar-refractivity contribution in [1.29, 1.82) is 0 Å². The molecule has 2 rings (SSSR count). The summed E-state index contributed by atoms with van der Waals surface area (Å²) in [5.74, 6) is 0.262. The standard InChI is InChI=1S/C18H28ClO8S.ClH/c19-11-3-1-2-10(4-11)7-27-18(17(26)12(22)5-20)14(24)9-28-8-13(23)16(25)15(28)6-21;/h1-4,12-18,20-26H,5-9H2;1H/q+1;/p-1/t12-,13+,14+,15+,16-,17+,18-,28?;/m0./s1. The lowest BCUT2D eigenvalue weighted by Crippen LogP contribution is -3.00. The molecule has 1 saturated heterocycles. The normalized spacial score (nSPS) is 28.4. The maximum atomic E-state index is 10.7. The van der Waals surface area contributed by atoms with Gasteiger partial charge in [0.25, 0.3) is 0 Å². The van der Waals surface area contributed by atoms with Crippen LogP contribution in [0.2, 0.25) is 5.02 Å². The second kappa shape index (κ2) is 12.6. The zero-order valence-electron chi connectivity index (χ0n) is 15.6. The van der Waals surface area contributed by atoms with Gasteiger partial charge in [-0.25, -0.2) is 0 Å². The van der Waals surface area contributed by atoms with E-state index >= 15 is 0 Å². The maximum absolute atomic E-state index is 10.7. The van der Waals surface area contributed by atoms with E-state index in [1.54, 1.807) is 24.3 Å². The molecule has 8 nitrogen and oxygen atoms in total. The fourth-order valence-electron chi connectivity index (χ4n) is 3.19. The summed E-state index contributed by atoms with van der Waals surface area (Å²) < 4.78 is 5.65. The molecule has 1 aliphatic rings. The predicted octanol–water partition coefficient (Wildman–Crippen LogP) is -4.98. The summed E-state index contributed by atoms with van der Waals surface area (Å²) in [5.41, 5.74) is 0.692. The van der Waals surface area contributed by atoms with E-state index in [-0.39, 0.29) is 37.1 Å². The molecule has 11 heteroatoms. The molecular formula is C18H28Cl2O8S. The van der Waals surface area contributed by atoms with Crippen molar-refractivity contribution < 1.29 is 52.9 Å². The largest absolute Gasteiger partial charge is 1.00 e. The van der Waals surface area contributed by atoms with Gasteiger partial charge in [0, 0.05) is 15.9 Å². The van der Waals surface area contributed by atoms with Gasteiger partial charge in [0.05, 0.1) is 19.8 Å². The third kappa shape index (κ3) is 7.19. The molecule has 1 aromatic carbocycles. The third-order valence-electron chi connectivity index (χ3n) is 4.78. The zero-order chi connectivity index (χ0) is 20.8. The lowest BCUT2D eigenvalue weighted by molar-refractivity contribution is -0.141. The van der Waals surface area contributed by atoms with Crippen LogP contribution in [0.5, 0.6) is 0 Å².